The molecule has 4 radical (unpaired) electrons. The summed E-state index contributed by atoms with van der Waals surface area (Å²) in [5.74, 6) is 1.03. The van der Waals surface area contributed by atoms with Crippen LogP contribution in [0.1, 0.15) is 42.9 Å². The van der Waals surface area contributed by atoms with E-state index in [0.717, 1.165) is 19.5 Å². The number of pyridine rings is 1. The van der Waals surface area contributed by atoms with Crippen LogP contribution in [0.2, 0.25) is 0 Å². The van der Waals surface area contributed by atoms with Crippen LogP contribution in [0.25, 0.3) is 0 Å². The number of likely N-dealkylation sites (tertiary alicyclic amines) is 1. The highest BCUT2D eigenvalue weighted by atomic mass is 16.2. The quantitative estimate of drug-likeness (QED) is 0.793. The Bertz CT molecular complexity index is 561. The normalized spacial score (nSPS) is 19.8. The Morgan fingerprint density at radius 1 is 1.39 bits per heavy atom. The highest BCUT2D eigenvalue weighted by molar-refractivity contribution is 6.39. The molecule has 0 aliphatic carbocycles. The molecule has 120 valence electrons. The molecule has 1 amide bonds. The summed E-state index contributed by atoms with van der Waals surface area (Å²) in [6, 6.07) is 5.28. The van der Waals surface area contributed by atoms with Crippen LogP contribution in [0.3, 0.4) is 0 Å². The highest BCUT2D eigenvalue weighted by Gasteiger charge is 2.34. The molecule has 1 aliphatic heterocycles. The van der Waals surface area contributed by atoms with Crippen LogP contribution in [0, 0.1) is 11.8 Å². The molecule has 1 unspecified atom stereocenters. The second-order valence-electron chi connectivity index (χ2n) is 7.03. The van der Waals surface area contributed by atoms with E-state index < -0.39 is 5.34 Å². The molecule has 0 aromatic carbocycles. The van der Waals surface area contributed by atoms with Gasteiger partial charge in [-0.3, -0.25) is 4.79 Å². The molecule has 0 bridgehead atoms. The molecule has 4 nitrogen and oxygen atoms in total. The van der Waals surface area contributed by atoms with E-state index in [2.05, 4.69) is 23.7 Å². The van der Waals surface area contributed by atoms with Gasteiger partial charge in [-0.2, -0.15) is 0 Å². The van der Waals surface area contributed by atoms with Crippen LogP contribution in [-0.4, -0.2) is 63.6 Å². The maximum absolute atomic E-state index is 12.1. The smallest absolute Gasteiger partial charge is 0.271 e. The average molecular weight is 309 g/mol. The number of amides is 1. The predicted octanol–water partition coefficient (Wildman–Crippen LogP) is 1.60. The van der Waals surface area contributed by atoms with Crippen LogP contribution in [0.4, 0.5) is 0 Å². The van der Waals surface area contributed by atoms with Gasteiger partial charge in [-0.05, 0) is 48.7 Å². The highest BCUT2D eigenvalue weighted by Crippen LogP contribution is 2.30. The minimum absolute atomic E-state index is 0.152. The molecule has 1 aromatic heterocycles. The summed E-state index contributed by atoms with van der Waals surface area (Å²) >= 11 is 0. The number of hydrogen-bond acceptors (Lipinski definition) is 3. The van der Waals surface area contributed by atoms with E-state index in [9.17, 15) is 4.79 Å². The van der Waals surface area contributed by atoms with Crippen molar-refractivity contribution in [1.82, 2.24) is 14.8 Å². The summed E-state index contributed by atoms with van der Waals surface area (Å²) in [5.41, 5.74) is 0.903. The Morgan fingerprint density at radius 3 is 2.70 bits per heavy atom. The maximum atomic E-state index is 12.1. The van der Waals surface area contributed by atoms with Crippen LogP contribution >= 0.6 is 0 Å². The summed E-state index contributed by atoms with van der Waals surface area (Å²) in [7, 11) is 16.3. The molecule has 6 heteroatoms. The number of nitrogens with zero attached hydrogens (tertiary/aromatic N) is 3. The first-order valence-corrected chi connectivity index (χ1v) is 8.25. The van der Waals surface area contributed by atoms with Gasteiger partial charge in [0, 0.05) is 26.3 Å². The Balaban J connectivity index is 2.25. The van der Waals surface area contributed by atoms with Crippen molar-refractivity contribution in [2.75, 3.05) is 27.2 Å². The molecule has 1 aliphatic rings. The summed E-state index contributed by atoms with van der Waals surface area (Å²) in [4.78, 5) is 20.1. The van der Waals surface area contributed by atoms with Crippen molar-refractivity contribution in [3.8, 4) is 0 Å². The molecule has 2 heterocycles. The van der Waals surface area contributed by atoms with Gasteiger partial charge < -0.3 is 9.80 Å². The van der Waals surface area contributed by atoms with E-state index in [-0.39, 0.29) is 5.91 Å². The predicted molar refractivity (Wildman–Crippen MR) is 94.6 cm³/mol. The third-order valence-electron chi connectivity index (χ3n) is 4.71. The van der Waals surface area contributed by atoms with Gasteiger partial charge >= 0.3 is 0 Å². The van der Waals surface area contributed by atoms with E-state index in [1.165, 1.54) is 11.3 Å². The van der Waals surface area contributed by atoms with Crippen molar-refractivity contribution < 1.29 is 4.79 Å². The number of carbonyl (C=O) groups excluding carboxylic acids is 1. The van der Waals surface area contributed by atoms with Crippen molar-refractivity contribution in [2.45, 2.75) is 32.0 Å². The lowest BCUT2D eigenvalue weighted by Gasteiger charge is -2.45. The molecule has 1 atom stereocenters. The summed E-state index contributed by atoms with van der Waals surface area (Å²) in [5, 5.41) is -1.16. The molecule has 23 heavy (non-hydrogen) atoms. The summed E-state index contributed by atoms with van der Waals surface area (Å²) < 4.78 is 0. The fraction of sp³-hybridized carbons (Fsp3) is 0.647. The van der Waals surface area contributed by atoms with Crippen molar-refractivity contribution >= 4 is 21.6 Å². The van der Waals surface area contributed by atoms with E-state index in [1.807, 2.05) is 0 Å². The Morgan fingerprint density at radius 2 is 2.09 bits per heavy atom. The van der Waals surface area contributed by atoms with Gasteiger partial charge in [0.15, 0.2) is 0 Å². The Kier molecular flexibility index (Phi) is 5.56. The molecule has 2 rings (SSSR count). The van der Waals surface area contributed by atoms with E-state index >= 15 is 0 Å². The second kappa shape index (κ2) is 7.08. The third-order valence-corrected chi connectivity index (χ3v) is 4.71. The van der Waals surface area contributed by atoms with Crippen molar-refractivity contribution in [1.29, 1.82) is 0 Å². The number of hydrogen-bond donors (Lipinski definition) is 0. The minimum Gasteiger partial charge on any atom is -0.343 e. The fourth-order valence-corrected chi connectivity index (χ4v) is 3.06. The zero-order valence-corrected chi connectivity index (χ0v) is 14.6. The van der Waals surface area contributed by atoms with Gasteiger partial charge in [0.05, 0.1) is 15.7 Å². The number of rotatable bonds is 4. The van der Waals surface area contributed by atoms with Crippen molar-refractivity contribution in [2.24, 2.45) is 11.8 Å². The van der Waals surface area contributed by atoms with Gasteiger partial charge in [0.25, 0.3) is 5.91 Å². The zero-order valence-electron chi connectivity index (χ0n) is 14.6. The van der Waals surface area contributed by atoms with Gasteiger partial charge in [-0.25, -0.2) is 4.98 Å². The lowest BCUT2D eigenvalue weighted by molar-refractivity contribution is 0.0820. The molecule has 0 saturated carbocycles. The van der Waals surface area contributed by atoms with Crippen LogP contribution < -0.4 is 0 Å². The van der Waals surface area contributed by atoms with Crippen LogP contribution in [0.15, 0.2) is 18.2 Å². The first kappa shape index (κ1) is 18.1. The Labute approximate surface area is 142 Å². The van der Waals surface area contributed by atoms with E-state index in [4.69, 9.17) is 15.7 Å². The van der Waals surface area contributed by atoms with Crippen LogP contribution in [-0.2, 0) is 5.34 Å². The minimum atomic E-state index is -1.16. The molecule has 1 aromatic rings. The largest absolute Gasteiger partial charge is 0.343 e. The lowest BCUT2D eigenvalue weighted by Crippen LogP contribution is -2.53. The van der Waals surface area contributed by atoms with Gasteiger partial charge in [0.1, 0.15) is 5.69 Å². The van der Waals surface area contributed by atoms with Crippen molar-refractivity contribution in [3.05, 3.63) is 29.6 Å². The number of carbonyl (C=O) groups is 1. The van der Waals surface area contributed by atoms with Gasteiger partial charge in [-0.15, -0.1) is 0 Å². The molecule has 1 saturated heterocycles. The monoisotopic (exact) mass is 309 g/mol. The van der Waals surface area contributed by atoms with Crippen molar-refractivity contribution in [3.63, 3.8) is 0 Å². The zero-order chi connectivity index (χ0) is 17.2. The topological polar surface area (TPSA) is 36.4 Å². The maximum Gasteiger partial charge on any atom is 0.271 e. The Hall–Kier alpha value is -1.29. The van der Waals surface area contributed by atoms with Gasteiger partial charge in [0.2, 0.25) is 0 Å². The van der Waals surface area contributed by atoms with E-state index in [0.29, 0.717) is 23.2 Å². The standard InChI is InChI=1S/C17H25B2N3O/c1-12(2)13-7-6-10-22(11-13)17(18,19)15-9-5-8-14(20-15)16(23)21(3)4/h5,8-9,12-13H,6-7,10-11H2,1-4H3. The van der Waals surface area contributed by atoms with Gasteiger partial charge in [-0.1, -0.05) is 19.9 Å². The summed E-state index contributed by atoms with van der Waals surface area (Å²) in [6.45, 7) is 6.18. The first-order chi connectivity index (χ1) is 10.7. The fourth-order valence-electron chi connectivity index (χ4n) is 3.06. The number of piperidine rings is 1. The molecular formula is C17H25B2N3O. The molecule has 1 fully saturated rings. The molecule has 0 spiro atoms. The molecule has 0 N–H and O–H groups in total. The molecular weight excluding hydrogens is 284 g/mol. The number of aromatic nitrogens is 1. The second-order valence-corrected chi connectivity index (χ2v) is 7.03. The van der Waals surface area contributed by atoms with E-state index in [1.54, 1.807) is 32.3 Å². The lowest BCUT2D eigenvalue weighted by atomic mass is 9.57. The SMILES string of the molecule is [B]C([B])(c1cccc(C(=O)N(C)C)n1)N1CCCC(C(C)C)C1. The third kappa shape index (κ3) is 3.97. The summed E-state index contributed by atoms with van der Waals surface area (Å²) in [6.07, 6.45) is 2.28. The first-order valence-electron chi connectivity index (χ1n) is 8.25. The van der Waals surface area contributed by atoms with Crippen LogP contribution in [0.5, 0.6) is 0 Å². The average Bonchev–Trinajstić information content (AvgIpc) is 2.54.